The second-order valence-corrected chi connectivity index (χ2v) is 4.61. The van der Waals surface area contributed by atoms with Gasteiger partial charge in [0.15, 0.2) is 0 Å². The molecule has 1 aliphatic carbocycles. The molecule has 1 aromatic carbocycles. The minimum atomic E-state index is 0.245. The van der Waals surface area contributed by atoms with Crippen molar-refractivity contribution >= 4 is 15.9 Å². The van der Waals surface area contributed by atoms with Gasteiger partial charge in [0, 0.05) is 10.5 Å². The lowest BCUT2D eigenvalue weighted by atomic mass is 10.0. The van der Waals surface area contributed by atoms with E-state index in [0.717, 1.165) is 10.9 Å². The van der Waals surface area contributed by atoms with E-state index in [0.29, 0.717) is 0 Å². The summed E-state index contributed by atoms with van der Waals surface area (Å²) >= 11 is 3.49. The van der Waals surface area contributed by atoms with Crippen molar-refractivity contribution in [1.29, 1.82) is 0 Å². The molecule has 0 radical (unpaired) electrons. The Balaban J connectivity index is 2.43. The van der Waals surface area contributed by atoms with Gasteiger partial charge in [0.1, 0.15) is 0 Å². The van der Waals surface area contributed by atoms with Crippen LogP contribution in [-0.2, 0) is 6.42 Å². The van der Waals surface area contributed by atoms with Crippen molar-refractivity contribution in [3.05, 3.63) is 33.8 Å². The van der Waals surface area contributed by atoms with Crippen LogP contribution in [0.1, 0.15) is 36.4 Å². The quantitative estimate of drug-likeness (QED) is 0.692. The average molecular weight is 240 g/mol. The Bertz CT molecular complexity index is 309. The van der Waals surface area contributed by atoms with Gasteiger partial charge in [-0.2, -0.15) is 0 Å². The van der Waals surface area contributed by atoms with Gasteiger partial charge in [0.05, 0.1) is 0 Å². The lowest BCUT2D eigenvalue weighted by Crippen LogP contribution is -2.10. The number of rotatable bonds is 0. The summed E-state index contributed by atoms with van der Waals surface area (Å²) in [5, 5.41) is 0. The van der Waals surface area contributed by atoms with Crippen molar-refractivity contribution in [3.63, 3.8) is 0 Å². The monoisotopic (exact) mass is 239 g/mol. The molecule has 0 amide bonds. The Morgan fingerprint density at radius 3 is 3.00 bits per heavy atom. The second kappa shape index (κ2) is 3.81. The third kappa shape index (κ3) is 1.94. The van der Waals surface area contributed by atoms with Crippen molar-refractivity contribution < 1.29 is 0 Å². The third-order valence-electron chi connectivity index (χ3n) is 2.72. The lowest BCUT2D eigenvalue weighted by molar-refractivity contribution is 0.615. The van der Waals surface area contributed by atoms with Gasteiger partial charge in [0.25, 0.3) is 0 Å². The number of benzene rings is 1. The first-order valence-corrected chi connectivity index (χ1v) is 5.60. The van der Waals surface area contributed by atoms with Crippen LogP contribution >= 0.6 is 15.9 Å². The molecule has 0 saturated heterocycles. The van der Waals surface area contributed by atoms with Gasteiger partial charge < -0.3 is 5.73 Å². The van der Waals surface area contributed by atoms with Crippen LogP contribution in [0.3, 0.4) is 0 Å². The molecular weight excluding hydrogens is 226 g/mol. The zero-order valence-corrected chi connectivity index (χ0v) is 9.18. The highest BCUT2D eigenvalue weighted by Gasteiger charge is 2.14. The number of hydrogen-bond acceptors (Lipinski definition) is 1. The van der Waals surface area contributed by atoms with Crippen molar-refractivity contribution in [2.75, 3.05) is 0 Å². The SMILES string of the molecule is N[C@H]1CCCCc2ccc(Br)cc21. The maximum atomic E-state index is 6.09. The largest absolute Gasteiger partial charge is 0.324 e. The Kier molecular flexibility index (Phi) is 2.70. The van der Waals surface area contributed by atoms with Gasteiger partial charge in [-0.05, 0) is 42.5 Å². The minimum absolute atomic E-state index is 0.245. The summed E-state index contributed by atoms with van der Waals surface area (Å²) in [6.45, 7) is 0. The van der Waals surface area contributed by atoms with E-state index in [4.69, 9.17) is 5.73 Å². The molecule has 0 aromatic heterocycles. The summed E-state index contributed by atoms with van der Waals surface area (Å²) in [4.78, 5) is 0. The molecule has 0 bridgehead atoms. The molecule has 2 rings (SSSR count). The van der Waals surface area contributed by atoms with Crippen molar-refractivity contribution in [2.24, 2.45) is 5.73 Å². The highest BCUT2D eigenvalue weighted by atomic mass is 79.9. The van der Waals surface area contributed by atoms with Crippen molar-refractivity contribution in [3.8, 4) is 0 Å². The zero-order valence-electron chi connectivity index (χ0n) is 7.59. The molecule has 0 saturated carbocycles. The predicted octanol–water partition coefficient (Wildman–Crippen LogP) is 3.18. The molecule has 70 valence electrons. The molecule has 0 heterocycles. The molecule has 0 fully saturated rings. The fourth-order valence-electron chi connectivity index (χ4n) is 1.97. The number of aryl methyl sites for hydroxylation is 1. The summed E-state index contributed by atoms with van der Waals surface area (Å²) < 4.78 is 1.14. The molecule has 0 aliphatic heterocycles. The lowest BCUT2D eigenvalue weighted by Gasteiger charge is -2.12. The van der Waals surface area contributed by atoms with E-state index in [2.05, 4.69) is 34.1 Å². The van der Waals surface area contributed by atoms with E-state index in [1.54, 1.807) is 0 Å². The van der Waals surface area contributed by atoms with Crippen LogP contribution in [0.15, 0.2) is 22.7 Å². The van der Waals surface area contributed by atoms with Gasteiger partial charge in [-0.1, -0.05) is 28.4 Å². The topological polar surface area (TPSA) is 26.0 Å². The van der Waals surface area contributed by atoms with Gasteiger partial charge in [-0.25, -0.2) is 0 Å². The first-order chi connectivity index (χ1) is 6.27. The standard InChI is InChI=1S/C11H14BrN/c12-9-6-5-8-3-1-2-4-11(13)10(8)7-9/h5-7,11H,1-4,13H2/t11-/m0/s1. The highest BCUT2D eigenvalue weighted by Crippen LogP contribution is 2.29. The number of hydrogen-bond donors (Lipinski definition) is 1. The summed E-state index contributed by atoms with van der Waals surface area (Å²) in [6, 6.07) is 6.72. The van der Waals surface area contributed by atoms with Gasteiger partial charge in [-0.15, -0.1) is 0 Å². The molecular formula is C11H14BrN. The maximum Gasteiger partial charge on any atom is 0.0297 e. The molecule has 1 nitrogen and oxygen atoms in total. The fraction of sp³-hybridized carbons (Fsp3) is 0.455. The molecule has 2 heteroatoms. The molecule has 0 unspecified atom stereocenters. The highest BCUT2D eigenvalue weighted by molar-refractivity contribution is 9.10. The average Bonchev–Trinajstić information content (AvgIpc) is 2.29. The van der Waals surface area contributed by atoms with E-state index in [9.17, 15) is 0 Å². The Morgan fingerprint density at radius 2 is 2.15 bits per heavy atom. The molecule has 13 heavy (non-hydrogen) atoms. The first-order valence-electron chi connectivity index (χ1n) is 4.81. The Labute approximate surface area is 87.5 Å². The van der Waals surface area contributed by atoms with Crippen molar-refractivity contribution in [2.45, 2.75) is 31.7 Å². The summed E-state index contributed by atoms with van der Waals surface area (Å²) in [7, 11) is 0. The van der Waals surface area contributed by atoms with Crippen LogP contribution in [0.5, 0.6) is 0 Å². The van der Waals surface area contributed by atoms with Crippen LogP contribution in [0.25, 0.3) is 0 Å². The number of nitrogens with two attached hydrogens (primary N) is 1. The van der Waals surface area contributed by atoms with Gasteiger partial charge >= 0.3 is 0 Å². The predicted molar refractivity (Wildman–Crippen MR) is 58.6 cm³/mol. The minimum Gasteiger partial charge on any atom is -0.324 e. The summed E-state index contributed by atoms with van der Waals surface area (Å²) in [5.74, 6) is 0. The van der Waals surface area contributed by atoms with E-state index < -0.39 is 0 Å². The zero-order chi connectivity index (χ0) is 9.26. The van der Waals surface area contributed by atoms with Crippen LogP contribution in [0, 0.1) is 0 Å². The summed E-state index contributed by atoms with van der Waals surface area (Å²) in [6.07, 6.45) is 4.86. The van der Waals surface area contributed by atoms with Crippen LogP contribution in [0.2, 0.25) is 0 Å². The maximum absolute atomic E-state index is 6.09. The molecule has 0 spiro atoms. The Morgan fingerprint density at radius 1 is 1.31 bits per heavy atom. The molecule has 1 aliphatic rings. The fourth-order valence-corrected chi connectivity index (χ4v) is 2.35. The van der Waals surface area contributed by atoms with Crippen LogP contribution in [0.4, 0.5) is 0 Å². The van der Waals surface area contributed by atoms with E-state index >= 15 is 0 Å². The number of fused-ring (bicyclic) bond motifs is 1. The van der Waals surface area contributed by atoms with Gasteiger partial charge in [0.2, 0.25) is 0 Å². The summed E-state index contributed by atoms with van der Waals surface area (Å²) in [5.41, 5.74) is 8.87. The van der Waals surface area contributed by atoms with Crippen LogP contribution < -0.4 is 5.73 Å². The normalized spacial score (nSPS) is 22.2. The van der Waals surface area contributed by atoms with E-state index in [-0.39, 0.29) is 6.04 Å². The molecule has 1 atom stereocenters. The Hall–Kier alpha value is -0.340. The van der Waals surface area contributed by atoms with Crippen LogP contribution in [-0.4, -0.2) is 0 Å². The van der Waals surface area contributed by atoms with E-state index in [1.165, 1.54) is 30.4 Å². The molecule has 1 aromatic rings. The smallest absolute Gasteiger partial charge is 0.0297 e. The third-order valence-corrected chi connectivity index (χ3v) is 3.21. The van der Waals surface area contributed by atoms with E-state index in [1.807, 2.05) is 0 Å². The van der Waals surface area contributed by atoms with Crippen molar-refractivity contribution in [1.82, 2.24) is 0 Å². The first kappa shape index (κ1) is 9.22. The second-order valence-electron chi connectivity index (χ2n) is 3.70. The van der Waals surface area contributed by atoms with Gasteiger partial charge in [-0.3, -0.25) is 0 Å². The number of halogens is 1. The molecule has 2 N–H and O–H groups in total.